The van der Waals surface area contributed by atoms with Crippen molar-refractivity contribution < 1.29 is 4.42 Å². The number of furan rings is 1. The number of benzene rings is 12. The number of hydrogen-bond donors (Lipinski definition) is 0. The molecule has 0 fully saturated rings. The Labute approximate surface area is 387 Å². The van der Waals surface area contributed by atoms with E-state index in [9.17, 15) is 0 Å². The Morgan fingerprint density at radius 1 is 0.284 bits per heavy atom. The standard InChI is InChI=1S/C65H39NO/c1-2-18-43-40(16-1)17-15-30-61(43)66(42-33-35-48-46-21-4-3-19-44(46)45-20-5-6-22-47(45)55(48)37-42)62-39-60-56(38-54(62)41-32-34-53-52-26-10-14-31-63(52)67-64(53)36-41)51-25-9-13-29-59(51)65(60)57-27-11-7-23-49(57)50-24-8-12-28-58(50)65/h1-39H. The van der Waals surface area contributed by atoms with Gasteiger partial charge in [-0.05, 0) is 136 Å². The maximum atomic E-state index is 6.66. The number of nitrogens with zero attached hydrogens (tertiary/aromatic N) is 1. The number of anilines is 3. The van der Waals surface area contributed by atoms with Crippen molar-refractivity contribution in [2.45, 2.75) is 5.41 Å². The van der Waals surface area contributed by atoms with E-state index in [1.807, 2.05) is 0 Å². The molecule has 0 bridgehead atoms. The third-order valence-electron chi connectivity index (χ3n) is 15.0. The van der Waals surface area contributed by atoms with Gasteiger partial charge in [-0.25, -0.2) is 0 Å². The third kappa shape index (κ3) is 4.94. The topological polar surface area (TPSA) is 16.4 Å². The molecule has 2 aliphatic carbocycles. The molecule has 2 nitrogen and oxygen atoms in total. The summed E-state index contributed by atoms with van der Waals surface area (Å²) in [6, 6.07) is 88.0. The Hall–Kier alpha value is -8.72. The molecule has 13 aromatic rings. The average molecular weight is 850 g/mol. The van der Waals surface area contributed by atoms with E-state index in [0.29, 0.717) is 0 Å². The summed E-state index contributed by atoms with van der Waals surface area (Å²) in [4.78, 5) is 2.55. The van der Waals surface area contributed by atoms with Gasteiger partial charge in [0.05, 0.1) is 16.8 Å². The predicted octanol–water partition coefficient (Wildman–Crippen LogP) is 17.7. The molecular formula is C65H39NO. The number of para-hydroxylation sites is 1. The first-order chi connectivity index (χ1) is 33.2. The normalized spacial score (nSPS) is 13.2. The highest BCUT2D eigenvalue weighted by Gasteiger charge is 2.52. The molecule has 1 aromatic heterocycles. The number of hydrogen-bond acceptors (Lipinski definition) is 2. The Bertz CT molecular complexity index is 4160. The maximum Gasteiger partial charge on any atom is 0.136 e. The van der Waals surface area contributed by atoms with Gasteiger partial charge in [0.2, 0.25) is 0 Å². The molecule has 0 radical (unpaired) electrons. The highest BCUT2D eigenvalue weighted by molar-refractivity contribution is 6.26. The van der Waals surface area contributed by atoms with Gasteiger partial charge in [-0.2, -0.15) is 0 Å². The molecule has 1 spiro atoms. The van der Waals surface area contributed by atoms with E-state index < -0.39 is 5.41 Å². The Kier molecular flexibility index (Phi) is 7.46. The van der Waals surface area contributed by atoms with E-state index in [2.05, 4.69) is 241 Å². The smallest absolute Gasteiger partial charge is 0.136 e. The first-order valence-electron chi connectivity index (χ1n) is 23.2. The van der Waals surface area contributed by atoms with Gasteiger partial charge in [-0.1, -0.05) is 188 Å². The van der Waals surface area contributed by atoms with Crippen LogP contribution in [0.4, 0.5) is 17.1 Å². The van der Waals surface area contributed by atoms with E-state index in [-0.39, 0.29) is 0 Å². The van der Waals surface area contributed by atoms with Crippen LogP contribution in [0.15, 0.2) is 241 Å². The summed E-state index contributed by atoms with van der Waals surface area (Å²) in [6.07, 6.45) is 0. The third-order valence-corrected chi connectivity index (χ3v) is 15.0. The van der Waals surface area contributed by atoms with Crippen LogP contribution < -0.4 is 4.90 Å². The molecule has 310 valence electrons. The largest absolute Gasteiger partial charge is 0.456 e. The Morgan fingerprint density at radius 3 is 1.48 bits per heavy atom. The molecule has 0 saturated heterocycles. The SMILES string of the molecule is c1ccc2c(c1)-c1ccccc1C21c2ccccc2-c2cc(-c3ccc4c(c3)oc3ccccc34)c(N(c3ccc4c5ccccc5c5ccccc5c4c3)c3cccc4ccccc34)cc21. The molecule has 0 saturated carbocycles. The van der Waals surface area contributed by atoms with Gasteiger partial charge >= 0.3 is 0 Å². The average Bonchev–Trinajstić information content (AvgIpc) is 4.02. The van der Waals surface area contributed by atoms with Gasteiger partial charge in [0.1, 0.15) is 11.2 Å². The van der Waals surface area contributed by atoms with E-state index in [1.54, 1.807) is 0 Å². The minimum Gasteiger partial charge on any atom is -0.456 e. The quantitative estimate of drug-likeness (QED) is 0.164. The monoisotopic (exact) mass is 849 g/mol. The van der Waals surface area contributed by atoms with Crippen molar-refractivity contribution in [3.05, 3.63) is 259 Å². The molecular weight excluding hydrogens is 811 g/mol. The van der Waals surface area contributed by atoms with Crippen molar-refractivity contribution in [3.63, 3.8) is 0 Å². The molecule has 12 aromatic carbocycles. The van der Waals surface area contributed by atoms with E-state index >= 15 is 0 Å². The zero-order valence-electron chi connectivity index (χ0n) is 36.4. The number of fused-ring (bicyclic) bond motifs is 20. The molecule has 15 rings (SSSR count). The van der Waals surface area contributed by atoms with E-state index in [0.717, 1.165) is 50.1 Å². The molecule has 2 aliphatic rings. The minimum absolute atomic E-state index is 0.530. The summed E-state index contributed by atoms with van der Waals surface area (Å²) in [7, 11) is 0. The zero-order valence-corrected chi connectivity index (χ0v) is 36.4. The highest BCUT2D eigenvalue weighted by atomic mass is 16.3. The Morgan fingerprint density at radius 2 is 0.791 bits per heavy atom. The molecule has 0 unspecified atom stereocenters. The molecule has 0 amide bonds. The first-order valence-corrected chi connectivity index (χ1v) is 23.2. The van der Waals surface area contributed by atoms with E-state index in [4.69, 9.17) is 4.42 Å². The van der Waals surface area contributed by atoms with E-state index in [1.165, 1.54) is 87.6 Å². The van der Waals surface area contributed by atoms with Crippen LogP contribution in [0.5, 0.6) is 0 Å². The lowest BCUT2D eigenvalue weighted by atomic mass is 9.70. The lowest BCUT2D eigenvalue weighted by Crippen LogP contribution is -2.26. The van der Waals surface area contributed by atoms with Gasteiger partial charge < -0.3 is 9.32 Å². The van der Waals surface area contributed by atoms with Crippen LogP contribution in [0.3, 0.4) is 0 Å². The molecule has 0 atom stereocenters. The molecule has 1 heterocycles. The van der Waals surface area contributed by atoms with Crippen molar-refractivity contribution in [3.8, 4) is 33.4 Å². The second kappa shape index (κ2) is 13.7. The van der Waals surface area contributed by atoms with Crippen molar-refractivity contribution >= 4 is 82.1 Å². The van der Waals surface area contributed by atoms with Gasteiger partial charge in [-0.15, -0.1) is 0 Å². The Balaban J connectivity index is 1.10. The summed E-state index contributed by atoms with van der Waals surface area (Å²) < 4.78 is 6.66. The summed E-state index contributed by atoms with van der Waals surface area (Å²) in [6.45, 7) is 0. The summed E-state index contributed by atoms with van der Waals surface area (Å²) in [5.74, 6) is 0. The first kappa shape index (κ1) is 36.6. The van der Waals surface area contributed by atoms with Crippen LogP contribution in [-0.2, 0) is 5.41 Å². The second-order valence-electron chi connectivity index (χ2n) is 18.3. The number of rotatable bonds is 4. The second-order valence-corrected chi connectivity index (χ2v) is 18.3. The summed E-state index contributed by atoms with van der Waals surface area (Å²) in [5, 5.41) is 12.1. The van der Waals surface area contributed by atoms with Gasteiger partial charge in [-0.3, -0.25) is 0 Å². The lowest BCUT2D eigenvalue weighted by Gasteiger charge is -2.34. The van der Waals surface area contributed by atoms with Crippen LogP contribution in [0.1, 0.15) is 22.3 Å². The van der Waals surface area contributed by atoms with Crippen LogP contribution in [0.2, 0.25) is 0 Å². The van der Waals surface area contributed by atoms with Crippen molar-refractivity contribution in [2.75, 3.05) is 4.90 Å². The van der Waals surface area contributed by atoms with Crippen molar-refractivity contribution in [1.29, 1.82) is 0 Å². The van der Waals surface area contributed by atoms with Gasteiger partial charge in [0.15, 0.2) is 0 Å². The fraction of sp³-hybridized carbons (Fsp3) is 0.0154. The zero-order chi connectivity index (χ0) is 43.8. The fourth-order valence-electron chi connectivity index (χ4n) is 12.3. The van der Waals surface area contributed by atoms with Crippen LogP contribution >= 0.6 is 0 Å². The van der Waals surface area contributed by atoms with Crippen LogP contribution in [0.25, 0.3) is 98.4 Å². The summed E-state index contributed by atoms with van der Waals surface area (Å²) in [5.41, 5.74) is 17.1. The highest BCUT2D eigenvalue weighted by Crippen LogP contribution is 2.64. The lowest BCUT2D eigenvalue weighted by molar-refractivity contribution is 0.669. The predicted molar refractivity (Wildman–Crippen MR) is 280 cm³/mol. The van der Waals surface area contributed by atoms with Crippen LogP contribution in [0, 0.1) is 0 Å². The summed E-state index contributed by atoms with van der Waals surface area (Å²) >= 11 is 0. The molecule has 67 heavy (non-hydrogen) atoms. The van der Waals surface area contributed by atoms with Crippen LogP contribution in [-0.4, -0.2) is 0 Å². The van der Waals surface area contributed by atoms with Crippen molar-refractivity contribution in [1.82, 2.24) is 0 Å². The van der Waals surface area contributed by atoms with Gasteiger partial charge in [0.25, 0.3) is 0 Å². The minimum atomic E-state index is -0.530. The molecule has 0 N–H and O–H groups in total. The van der Waals surface area contributed by atoms with Gasteiger partial charge in [0, 0.05) is 27.4 Å². The molecule has 0 aliphatic heterocycles. The molecule has 2 heteroatoms. The van der Waals surface area contributed by atoms with Crippen molar-refractivity contribution in [2.24, 2.45) is 0 Å². The maximum absolute atomic E-state index is 6.66. The fourth-order valence-corrected chi connectivity index (χ4v) is 12.3.